The van der Waals surface area contributed by atoms with E-state index in [2.05, 4.69) is 5.32 Å². The van der Waals surface area contributed by atoms with Gasteiger partial charge in [0.15, 0.2) is 0 Å². The van der Waals surface area contributed by atoms with Gasteiger partial charge in [-0.3, -0.25) is 24.1 Å². The van der Waals surface area contributed by atoms with Crippen molar-refractivity contribution >= 4 is 40.9 Å². The van der Waals surface area contributed by atoms with Crippen LogP contribution in [0.3, 0.4) is 0 Å². The number of carbonyl (C=O) groups excluding carboxylic acids is 3. The molecule has 8 nitrogen and oxygen atoms in total. The van der Waals surface area contributed by atoms with Crippen molar-refractivity contribution in [2.24, 2.45) is 0 Å². The van der Waals surface area contributed by atoms with Crippen molar-refractivity contribution in [1.82, 2.24) is 10.2 Å². The second-order valence-electron chi connectivity index (χ2n) is 4.28. The predicted molar refractivity (Wildman–Crippen MR) is 76.6 cm³/mol. The molecular weight excluding hydrogens is 312 g/mol. The molecule has 116 valence electrons. The van der Waals surface area contributed by atoms with E-state index >= 15 is 0 Å². The lowest BCUT2D eigenvalue weighted by molar-refractivity contribution is -0.137. The predicted octanol–water partition coefficient (Wildman–Crippen LogP) is 0.907. The van der Waals surface area contributed by atoms with Gasteiger partial charge >= 0.3 is 5.97 Å². The Morgan fingerprint density at radius 3 is 2.82 bits per heavy atom. The topological polar surface area (TPSA) is 117 Å². The maximum Gasteiger partial charge on any atom is 0.305 e. The summed E-state index contributed by atoms with van der Waals surface area (Å²) >= 11 is 0.715. The van der Waals surface area contributed by atoms with Crippen LogP contribution < -0.4 is 5.32 Å². The molecule has 3 amide bonds. The molecule has 0 aromatic carbocycles. The van der Waals surface area contributed by atoms with E-state index in [9.17, 15) is 19.2 Å². The lowest BCUT2D eigenvalue weighted by atomic mass is 10.3. The van der Waals surface area contributed by atoms with Crippen LogP contribution in [-0.4, -0.2) is 46.1 Å². The molecule has 1 aliphatic heterocycles. The maximum atomic E-state index is 12.1. The molecule has 0 saturated carbocycles. The van der Waals surface area contributed by atoms with Gasteiger partial charge in [0.25, 0.3) is 11.1 Å². The molecule has 0 atom stereocenters. The number of rotatable bonds is 6. The Hall–Kier alpha value is -2.55. The largest absolute Gasteiger partial charge is 0.481 e. The van der Waals surface area contributed by atoms with Crippen LogP contribution in [0.15, 0.2) is 27.7 Å². The fourth-order valence-electron chi connectivity index (χ4n) is 1.65. The normalized spacial score (nSPS) is 16.4. The Kier molecular flexibility index (Phi) is 4.99. The number of nitrogens with zero attached hydrogens (tertiary/aromatic N) is 1. The number of furan rings is 1. The summed E-state index contributed by atoms with van der Waals surface area (Å²) in [5.41, 5.74) is 0. The smallest absolute Gasteiger partial charge is 0.305 e. The highest BCUT2D eigenvalue weighted by atomic mass is 32.2. The summed E-state index contributed by atoms with van der Waals surface area (Å²) < 4.78 is 5.06. The molecule has 1 fully saturated rings. The molecule has 0 unspecified atom stereocenters. The van der Waals surface area contributed by atoms with E-state index in [1.807, 2.05) is 0 Å². The number of amides is 3. The number of nitrogens with one attached hydrogen (secondary N) is 1. The molecule has 9 heteroatoms. The number of imide groups is 1. The number of thioether (sulfide) groups is 1. The van der Waals surface area contributed by atoms with Crippen LogP contribution in [0.1, 0.15) is 12.2 Å². The second kappa shape index (κ2) is 6.94. The minimum Gasteiger partial charge on any atom is -0.481 e. The van der Waals surface area contributed by atoms with E-state index in [1.165, 1.54) is 12.3 Å². The van der Waals surface area contributed by atoms with Crippen molar-refractivity contribution in [2.75, 3.05) is 13.1 Å². The van der Waals surface area contributed by atoms with Gasteiger partial charge in [-0.2, -0.15) is 0 Å². The Morgan fingerprint density at radius 1 is 1.41 bits per heavy atom. The van der Waals surface area contributed by atoms with Gasteiger partial charge in [-0.1, -0.05) is 0 Å². The molecule has 1 aromatic rings. The molecule has 0 spiro atoms. The first kappa shape index (κ1) is 15.8. The van der Waals surface area contributed by atoms with Gasteiger partial charge in [0, 0.05) is 12.6 Å². The third-order valence-electron chi connectivity index (χ3n) is 2.65. The van der Waals surface area contributed by atoms with Gasteiger partial charge in [-0.25, -0.2) is 0 Å². The minimum absolute atomic E-state index is 0.0629. The van der Waals surface area contributed by atoms with Crippen molar-refractivity contribution in [3.8, 4) is 0 Å². The summed E-state index contributed by atoms with van der Waals surface area (Å²) in [5.74, 6) is -1.80. The zero-order valence-corrected chi connectivity index (χ0v) is 12.1. The highest BCUT2D eigenvalue weighted by Crippen LogP contribution is 2.31. The minimum atomic E-state index is -1.05. The van der Waals surface area contributed by atoms with Gasteiger partial charge in [0.2, 0.25) is 5.91 Å². The maximum absolute atomic E-state index is 12.1. The van der Waals surface area contributed by atoms with Crippen molar-refractivity contribution < 1.29 is 28.7 Å². The molecule has 2 heterocycles. The molecular formula is C13H12N2O6S. The first-order valence-corrected chi connectivity index (χ1v) is 7.06. The first-order valence-electron chi connectivity index (χ1n) is 6.24. The fraction of sp³-hybridized carbons (Fsp3) is 0.231. The van der Waals surface area contributed by atoms with Crippen LogP contribution in [0.25, 0.3) is 6.08 Å². The number of hydrogen-bond acceptors (Lipinski definition) is 6. The zero-order chi connectivity index (χ0) is 16.1. The van der Waals surface area contributed by atoms with Gasteiger partial charge in [0.1, 0.15) is 12.3 Å². The Bertz CT molecular complexity index is 637. The van der Waals surface area contributed by atoms with E-state index in [1.54, 1.807) is 12.1 Å². The molecule has 1 saturated heterocycles. The van der Waals surface area contributed by atoms with E-state index < -0.39 is 29.6 Å². The highest BCUT2D eigenvalue weighted by Gasteiger charge is 2.36. The number of aliphatic carboxylic acids is 1. The average molecular weight is 324 g/mol. The van der Waals surface area contributed by atoms with Gasteiger partial charge in [-0.05, 0) is 23.9 Å². The Balaban J connectivity index is 1.94. The summed E-state index contributed by atoms with van der Waals surface area (Å²) in [7, 11) is 0. The van der Waals surface area contributed by atoms with E-state index in [0.717, 1.165) is 4.90 Å². The zero-order valence-electron chi connectivity index (χ0n) is 11.3. The Morgan fingerprint density at radius 2 is 2.18 bits per heavy atom. The third-order valence-corrected chi connectivity index (χ3v) is 3.56. The molecule has 2 rings (SSSR count). The first-order chi connectivity index (χ1) is 10.5. The van der Waals surface area contributed by atoms with E-state index in [0.29, 0.717) is 17.5 Å². The summed E-state index contributed by atoms with van der Waals surface area (Å²) in [6.45, 7) is -0.508. The van der Waals surface area contributed by atoms with Crippen LogP contribution in [0, 0.1) is 0 Å². The quantitative estimate of drug-likeness (QED) is 0.747. The summed E-state index contributed by atoms with van der Waals surface area (Å²) in [6.07, 6.45) is 2.63. The van der Waals surface area contributed by atoms with Crippen LogP contribution in [-0.2, 0) is 14.4 Å². The second-order valence-corrected chi connectivity index (χ2v) is 5.27. The highest BCUT2D eigenvalue weighted by molar-refractivity contribution is 8.18. The van der Waals surface area contributed by atoms with Crippen LogP contribution in [0.2, 0.25) is 0 Å². The van der Waals surface area contributed by atoms with Crippen LogP contribution >= 0.6 is 11.8 Å². The monoisotopic (exact) mass is 324 g/mol. The van der Waals surface area contributed by atoms with Crippen LogP contribution in [0.5, 0.6) is 0 Å². The summed E-state index contributed by atoms with van der Waals surface area (Å²) in [4.78, 5) is 46.7. The summed E-state index contributed by atoms with van der Waals surface area (Å²) in [5, 5.41) is 10.2. The van der Waals surface area contributed by atoms with Crippen molar-refractivity contribution in [1.29, 1.82) is 0 Å². The van der Waals surface area contributed by atoms with Gasteiger partial charge in [-0.15, -0.1) is 0 Å². The van der Waals surface area contributed by atoms with Crippen molar-refractivity contribution in [3.63, 3.8) is 0 Å². The fourth-order valence-corrected chi connectivity index (χ4v) is 2.47. The molecule has 1 aliphatic rings. The SMILES string of the molecule is O=C(O)CCNC(=O)CN1C(=O)S/C(=C\c2ccco2)C1=O. The standard InChI is InChI=1S/C13H12N2O6S/c16-10(14-4-3-11(17)18)7-15-12(19)9(22-13(15)20)6-8-2-1-5-21-8/h1-2,5-6H,3-4,7H2,(H,14,16)(H,17,18)/b9-6-. The lowest BCUT2D eigenvalue weighted by Gasteiger charge is -2.11. The number of carboxylic acid groups (broad SMARTS) is 1. The molecule has 22 heavy (non-hydrogen) atoms. The number of carbonyl (C=O) groups is 4. The Labute approximate surface area is 129 Å². The molecule has 1 aromatic heterocycles. The third kappa shape index (κ3) is 3.98. The van der Waals surface area contributed by atoms with Crippen LogP contribution in [0.4, 0.5) is 4.79 Å². The van der Waals surface area contributed by atoms with Crippen molar-refractivity contribution in [3.05, 3.63) is 29.1 Å². The summed E-state index contributed by atoms with van der Waals surface area (Å²) in [6, 6.07) is 3.28. The molecule has 0 aliphatic carbocycles. The van der Waals surface area contributed by atoms with E-state index in [-0.39, 0.29) is 17.9 Å². The molecule has 2 N–H and O–H groups in total. The molecule has 0 bridgehead atoms. The van der Waals surface area contributed by atoms with E-state index in [4.69, 9.17) is 9.52 Å². The molecule has 0 radical (unpaired) electrons. The van der Waals surface area contributed by atoms with Gasteiger partial charge < -0.3 is 14.8 Å². The number of hydrogen-bond donors (Lipinski definition) is 2. The van der Waals surface area contributed by atoms with Crippen molar-refractivity contribution in [2.45, 2.75) is 6.42 Å². The average Bonchev–Trinajstić information content (AvgIpc) is 3.03. The van der Waals surface area contributed by atoms with Gasteiger partial charge in [0.05, 0.1) is 17.6 Å². The number of carboxylic acids is 1. The lowest BCUT2D eigenvalue weighted by Crippen LogP contribution is -2.40.